The van der Waals surface area contributed by atoms with Crippen molar-refractivity contribution in [3.05, 3.63) is 35.2 Å². The maximum atomic E-state index is 13.7. The lowest BCUT2D eigenvalue weighted by molar-refractivity contribution is -0.138. The Morgan fingerprint density at radius 1 is 1.25 bits per heavy atom. The summed E-state index contributed by atoms with van der Waals surface area (Å²) in [6, 6.07) is 3.34. The first-order chi connectivity index (χ1) is 14.7. The monoisotopic (exact) mass is 473 g/mol. The van der Waals surface area contributed by atoms with Gasteiger partial charge in [0, 0.05) is 12.1 Å². The molecule has 11 heteroatoms. The zero-order chi connectivity index (χ0) is 22.2. The van der Waals surface area contributed by atoms with Gasteiger partial charge in [-0.1, -0.05) is 43.0 Å². The number of halogens is 4. The van der Waals surface area contributed by atoms with E-state index in [1.54, 1.807) is 6.07 Å². The van der Waals surface area contributed by atoms with Crippen molar-refractivity contribution in [2.24, 2.45) is 11.7 Å². The highest BCUT2D eigenvalue weighted by Gasteiger charge is 2.39. The van der Waals surface area contributed by atoms with Crippen LogP contribution in [0.2, 0.25) is 0 Å². The quantitative estimate of drug-likeness (QED) is 0.441. The SMILES string of the molecule is Cl.N=C(N)N1CC[C@H](O)[C@H]1c1nc(-c2ccc(CCC3CCCC3)c(C(F)(F)F)c2)no1. The van der Waals surface area contributed by atoms with E-state index in [0.717, 1.165) is 38.2 Å². The second-order valence-electron chi connectivity index (χ2n) is 8.39. The van der Waals surface area contributed by atoms with E-state index in [-0.39, 0.29) is 41.2 Å². The van der Waals surface area contributed by atoms with Gasteiger partial charge in [0.15, 0.2) is 5.96 Å². The molecule has 1 aromatic carbocycles. The summed E-state index contributed by atoms with van der Waals surface area (Å²) < 4.78 is 46.5. The molecular formula is C21H27ClF3N5O2. The maximum absolute atomic E-state index is 13.7. The van der Waals surface area contributed by atoms with Crippen molar-refractivity contribution in [1.82, 2.24) is 15.0 Å². The van der Waals surface area contributed by atoms with E-state index in [4.69, 9.17) is 15.7 Å². The van der Waals surface area contributed by atoms with Crippen LogP contribution in [0.4, 0.5) is 13.2 Å². The first kappa shape index (κ1) is 24.3. The number of guanidine groups is 1. The van der Waals surface area contributed by atoms with Gasteiger partial charge >= 0.3 is 6.18 Å². The van der Waals surface area contributed by atoms with E-state index in [2.05, 4.69) is 10.1 Å². The predicted molar refractivity (Wildman–Crippen MR) is 114 cm³/mol. The van der Waals surface area contributed by atoms with Crippen LogP contribution in [0.25, 0.3) is 11.4 Å². The predicted octanol–water partition coefficient (Wildman–Crippen LogP) is 4.30. The van der Waals surface area contributed by atoms with Gasteiger partial charge in [0.2, 0.25) is 5.82 Å². The van der Waals surface area contributed by atoms with Gasteiger partial charge in [0.25, 0.3) is 5.89 Å². The van der Waals surface area contributed by atoms with Crippen molar-refractivity contribution in [3.8, 4) is 11.4 Å². The average molecular weight is 474 g/mol. The molecule has 176 valence electrons. The number of rotatable bonds is 5. The Hall–Kier alpha value is -2.33. The number of aliphatic hydroxyl groups is 1. The van der Waals surface area contributed by atoms with E-state index in [0.29, 0.717) is 25.3 Å². The average Bonchev–Trinajstić information content (AvgIpc) is 3.46. The molecule has 0 bridgehead atoms. The Kier molecular flexibility index (Phi) is 7.34. The fourth-order valence-electron chi connectivity index (χ4n) is 4.67. The van der Waals surface area contributed by atoms with Crippen LogP contribution in [0, 0.1) is 11.3 Å². The van der Waals surface area contributed by atoms with Crippen molar-refractivity contribution < 1.29 is 22.8 Å². The number of hydrogen-bond donors (Lipinski definition) is 3. The van der Waals surface area contributed by atoms with Crippen LogP contribution in [0.15, 0.2) is 22.7 Å². The molecule has 4 rings (SSSR count). The summed E-state index contributed by atoms with van der Waals surface area (Å²) in [5.74, 6) is 0.286. The molecule has 2 atom stereocenters. The summed E-state index contributed by atoms with van der Waals surface area (Å²) >= 11 is 0. The molecule has 1 aliphatic carbocycles. The lowest BCUT2D eigenvalue weighted by Gasteiger charge is -2.22. The van der Waals surface area contributed by atoms with E-state index in [1.165, 1.54) is 11.0 Å². The number of likely N-dealkylation sites (tertiary alicyclic amines) is 1. The molecule has 0 amide bonds. The molecular weight excluding hydrogens is 447 g/mol. The van der Waals surface area contributed by atoms with E-state index in [9.17, 15) is 18.3 Å². The van der Waals surface area contributed by atoms with E-state index >= 15 is 0 Å². The molecule has 7 nitrogen and oxygen atoms in total. The normalized spacial score (nSPS) is 21.7. The van der Waals surface area contributed by atoms with Gasteiger partial charge in [0.1, 0.15) is 6.04 Å². The Labute approximate surface area is 190 Å². The lowest BCUT2D eigenvalue weighted by Crippen LogP contribution is -2.37. The van der Waals surface area contributed by atoms with Crippen LogP contribution in [-0.2, 0) is 12.6 Å². The second-order valence-corrected chi connectivity index (χ2v) is 8.39. The molecule has 2 fully saturated rings. The Morgan fingerprint density at radius 3 is 2.62 bits per heavy atom. The number of nitrogens with two attached hydrogens (primary N) is 1. The minimum atomic E-state index is -4.49. The maximum Gasteiger partial charge on any atom is 0.416 e. The van der Waals surface area contributed by atoms with Gasteiger partial charge in [-0.2, -0.15) is 18.2 Å². The minimum Gasteiger partial charge on any atom is -0.390 e. The number of aromatic nitrogens is 2. The lowest BCUT2D eigenvalue weighted by atomic mass is 9.94. The number of alkyl halides is 3. The molecule has 1 aliphatic heterocycles. The zero-order valence-electron chi connectivity index (χ0n) is 17.4. The highest BCUT2D eigenvalue weighted by Crippen LogP contribution is 2.37. The van der Waals surface area contributed by atoms with Gasteiger partial charge in [-0.3, -0.25) is 5.41 Å². The van der Waals surface area contributed by atoms with Gasteiger partial charge in [0.05, 0.1) is 11.7 Å². The minimum absolute atomic E-state index is 0. The first-order valence-corrected chi connectivity index (χ1v) is 10.6. The fourth-order valence-corrected chi connectivity index (χ4v) is 4.67. The van der Waals surface area contributed by atoms with Crippen LogP contribution >= 0.6 is 12.4 Å². The highest BCUT2D eigenvalue weighted by molar-refractivity contribution is 5.85. The molecule has 0 unspecified atom stereocenters. The first-order valence-electron chi connectivity index (χ1n) is 10.6. The number of hydrogen-bond acceptors (Lipinski definition) is 5. The largest absolute Gasteiger partial charge is 0.416 e. The van der Waals surface area contributed by atoms with Crippen LogP contribution in [0.5, 0.6) is 0 Å². The second kappa shape index (κ2) is 9.66. The standard InChI is InChI=1S/C21H26F3N5O2.ClH/c22-21(23,24)15-11-14(8-7-13(15)6-5-12-3-1-2-4-12)18-27-19(31-28-18)17-16(30)9-10-29(17)20(25)26;/h7-8,11-12,16-17,30H,1-6,9-10H2,(H3,25,26);1H/t16-,17-;/m0./s1. The Bertz CT molecular complexity index is 946. The van der Waals surface area contributed by atoms with Crippen molar-refractivity contribution >= 4 is 18.4 Å². The molecule has 2 heterocycles. The summed E-state index contributed by atoms with van der Waals surface area (Å²) in [5.41, 5.74) is 5.33. The van der Waals surface area contributed by atoms with Crippen LogP contribution in [0.3, 0.4) is 0 Å². The molecule has 0 radical (unpaired) electrons. The summed E-state index contributed by atoms with van der Waals surface area (Å²) in [4.78, 5) is 5.63. The van der Waals surface area contributed by atoms with Crippen molar-refractivity contribution in [1.29, 1.82) is 5.41 Å². The van der Waals surface area contributed by atoms with Gasteiger partial charge < -0.3 is 20.3 Å². The Morgan fingerprint density at radius 2 is 1.97 bits per heavy atom. The Balaban J connectivity index is 0.00000289. The molecule has 2 aliphatic rings. The highest BCUT2D eigenvalue weighted by atomic mass is 35.5. The van der Waals surface area contributed by atoms with Gasteiger partial charge in [-0.25, -0.2) is 0 Å². The third-order valence-electron chi connectivity index (χ3n) is 6.34. The van der Waals surface area contributed by atoms with Crippen LogP contribution in [0.1, 0.15) is 61.6 Å². The zero-order valence-corrected chi connectivity index (χ0v) is 18.3. The summed E-state index contributed by atoms with van der Waals surface area (Å²) in [6.07, 6.45) is 0.676. The molecule has 1 saturated heterocycles. The summed E-state index contributed by atoms with van der Waals surface area (Å²) in [6.45, 7) is 0.354. The van der Waals surface area contributed by atoms with Gasteiger partial charge in [-0.15, -0.1) is 12.4 Å². The topological polar surface area (TPSA) is 112 Å². The third-order valence-corrected chi connectivity index (χ3v) is 6.34. The van der Waals surface area contributed by atoms with Crippen molar-refractivity contribution in [2.45, 2.75) is 63.3 Å². The molecule has 32 heavy (non-hydrogen) atoms. The van der Waals surface area contributed by atoms with Crippen molar-refractivity contribution in [2.75, 3.05) is 6.54 Å². The van der Waals surface area contributed by atoms with Crippen molar-refractivity contribution in [3.63, 3.8) is 0 Å². The third kappa shape index (κ3) is 5.01. The molecule has 1 saturated carbocycles. The number of nitrogens with zero attached hydrogens (tertiary/aromatic N) is 3. The summed E-state index contributed by atoms with van der Waals surface area (Å²) in [7, 11) is 0. The molecule has 0 spiro atoms. The van der Waals surface area contributed by atoms with Crippen LogP contribution < -0.4 is 5.73 Å². The molecule has 4 N–H and O–H groups in total. The van der Waals surface area contributed by atoms with Crippen LogP contribution in [-0.4, -0.2) is 38.8 Å². The summed E-state index contributed by atoms with van der Waals surface area (Å²) in [5, 5.41) is 21.7. The van der Waals surface area contributed by atoms with E-state index in [1.807, 2.05) is 0 Å². The molecule has 2 aromatic rings. The number of nitrogens with one attached hydrogen (secondary N) is 1. The van der Waals surface area contributed by atoms with E-state index < -0.39 is 23.9 Å². The number of aliphatic hydroxyl groups excluding tert-OH is 1. The van der Waals surface area contributed by atoms with Gasteiger partial charge in [-0.05, 0) is 36.8 Å². The fraction of sp³-hybridized carbons (Fsp3) is 0.571. The molecule has 1 aromatic heterocycles. The number of aryl methyl sites for hydroxylation is 1. The number of benzene rings is 1. The smallest absolute Gasteiger partial charge is 0.390 e.